The number of rotatable bonds is 6. The van der Waals surface area contributed by atoms with Crippen LogP contribution in [0.2, 0.25) is 0 Å². The van der Waals surface area contributed by atoms with Crippen molar-refractivity contribution in [3.8, 4) is 66.8 Å². The van der Waals surface area contributed by atoms with Gasteiger partial charge in [-0.1, -0.05) is 237 Å². The zero-order valence-electron chi connectivity index (χ0n) is 41.8. The third kappa shape index (κ3) is 5.80. The summed E-state index contributed by atoms with van der Waals surface area (Å²) in [5.74, 6) is 0. The third-order valence-corrected chi connectivity index (χ3v) is 17.9. The lowest BCUT2D eigenvalue weighted by atomic mass is 9.72. The van der Waals surface area contributed by atoms with Crippen molar-refractivity contribution in [1.29, 1.82) is 0 Å². The van der Waals surface area contributed by atoms with E-state index >= 15 is 0 Å². The highest BCUT2D eigenvalue weighted by atomic mass is 14.5. The van der Waals surface area contributed by atoms with Gasteiger partial charge in [-0.25, -0.2) is 0 Å². The van der Waals surface area contributed by atoms with Crippen LogP contribution in [0.5, 0.6) is 0 Å². The predicted molar refractivity (Wildman–Crippen MR) is 310 cm³/mol. The molecule has 0 heterocycles. The molecule has 3 aliphatic rings. The van der Waals surface area contributed by atoms with Crippen LogP contribution in [0.15, 0.2) is 261 Å². The molecule has 0 amide bonds. The van der Waals surface area contributed by atoms with Crippen LogP contribution < -0.4 is 0 Å². The van der Waals surface area contributed by atoms with Gasteiger partial charge < -0.3 is 0 Å². The van der Waals surface area contributed by atoms with Crippen LogP contribution in [0.25, 0.3) is 88.3 Å². The van der Waals surface area contributed by atoms with E-state index in [0.717, 1.165) is 0 Å². The van der Waals surface area contributed by atoms with Crippen molar-refractivity contribution < 1.29 is 0 Å². The lowest BCUT2D eigenvalue weighted by molar-refractivity contribution is 0.713. The summed E-state index contributed by atoms with van der Waals surface area (Å²) >= 11 is 0. The van der Waals surface area contributed by atoms with Crippen LogP contribution in [0.4, 0.5) is 0 Å². The van der Waals surface area contributed by atoms with E-state index in [-0.39, 0.29) is 10.8 Å². The molecule has 0 spiro atoms. The van der Waals surface area contributed by atoms with Crippen molar-refractivity contribution in [2.45, 2.75) is 37.0 Å². The number of fused-ring (bicyclic) bond motifs is 11. The molecule has 0 aliphatic heterocycles. The first-order valence-electron chi connectivity index (χ1n) is 26.2. The van der Waals surface area contributed by atoms with E-state index in [9.17, 15) is 0 Å². The Morgan fingerprint density at radius 2 is 0.446 bits per heavy atom. The molecule has 3 unspecified atom stereocenters. The second-order valence-electron chi connectivity index (χ2n) is 21.4. The van der Waals surface area contributed by atoms with Gasteiger partial charge in [0.25, 0.3) is 0 Å². The molecule has 0 aromatic heterocycles. The van der Waals surface area contributed by atoms with Crippen LogP contribution in [0.1, 0.15) is 70.8 Å². The molecule has 0 heteroatoms. The average Bonchev–Trinajstić information content (AvgIpc) is 4.00. The van der Waals surface area contributed by atoms with Gasteiger partial charge >= 0.3 is 0 Å². The zero-order valence-corrected chi connectivity index (χ0v) is 41.8. The van der Waals surface area contributed by atoms with Crippen molar-refractivity contribution in [1.82, 2.24) is 0 Å². The minimum absolute atomic E-state index is 0.269. The van der Waals surface area contributed by atoms with Crippen LogP contribution in [0, 0.1) is 0 Å². The Kier molecular flexibility index (Phi) is 9.16. The van der Waals surface area contributed by atoms with Crippen molar-refractivity contribution >= 4 is 21.5 Å². The molecule has 3 aliphatic carbocycles. The Morgan fingerprint density at radius 3 is 0.784 bits per heavy atom. The Morgan fingerprint density at radius 1 is 0.203 bits per heavy atom. The quantitative estimate of drug-likeness (QED) is 0.146. The van der Waals surface area contributed by atoms with Gasteiger partial charge in [0, 0.05) is 16.2 Å². The minimum Gasteiger partial charge on any atom is -0.0622 e. The normalized spacial score (nSPS) is 18.6. The van der Waals surface area contributed by atoms with Gasteiger partial charge in [0.15, 0.2) is 0 Å². The molecule has 0 bridgehead atoms. The van der Waals surface area contributed by atoms with Gasteiger partial charge in [-0.15, -0.1) is 0 Å². The summed E-state index contributed by atoms with van der Waals surface area (Å²) in [6.07, 6.45) is 0. The summed E-state index contributed by atoms with van der Waals surface area (Å²) in [4.78, 5) is 0. The summed E-state index contributed by atoms with van der Waals surface area (Å²) in [6, 6.07) is 98.6. The number of hydrogen-bond acceptors (Lipinski definition) is 0. The smallest absolute Gasteiger partial charge is 0.0435 e. The second kappa shape index (κ2) is 15.8. The van der Waals surface area contributed by atoms with Crippen LogP contribution in [-0.4, -0.2) is 0 Å². The van der Waals surface area contributed by atoms with Gasteiger partial charge in [0.1, 0.15) is 0 Å². The molecule has 15 rings (SSSR count). The Hall–Kier alpha value is -8.84. The van der Waals surface area contributed by atoms with Gasteiger partial charge in [0.2, 0.25) is 0 Å². The predicted octanol–water partition coefficient (Wildman–Crippen LogP) is 19.0. The maximum atomic E-state index is 2.53. The van der Waals surface area contributed by atoms with E-state index in [1.165, 1.54) is 138 Å². The molecular formula is C74H52. The van der Waals surface area contributed by atoms with Crippen molar-refractivity contribution in [2.75, 3.05) is 0 Å². The first-order chi connectivity index (χ1) is 36.3. The largest absolute Gasteiger partial charge is 0.0622 e. The average molecular weight is 941 g/mol. The number of benzene rings is 12. The van der Waals surface area contributed by atoms with E-state index in [2.05, 4.69) is 282 Å². The van der Waals surface area contributed by atoms with Crippen molar-refractivity contribution in [2.24, 2.45) is 0 Å². The molecule has 74 heavy (non-hydrogen) atoms. The van der Waals surface area contributed by atoms with E-state index in [4.69, 9.17) is 0 Å². The highest BCUT2D eigenvalue weighted by Crippen LogP contribution is 2.58. The van der Waals surface area contributed by atoms with Gasteiger partial charge in [-0.2, -0.15) is 0 Å². The lowest BCUT2D eigenvalue weighted by Gasteiger charge is -2.30. The van der Waals surface area contributed by atoms with E-state index in [1.54, 1.807) is 0 Å². The monoisotopic (exact) mass is 940 g/mol. The molecule has 0 radical (unpaired) electrons. The SMILES string of the molecule is CC1(c2ccccc2)c2ccccc2-c2ccc(-c3ccc4c(c3)C(C)(c3ccccc3)c3cc(-c5c6ccccc6c(-c6ccc7c(c6)C(C)(c6ccccc6)c6ccccc6-7)c6ccccc56)ccc3-4)cc21. The summed E-state index contributed by atoms with van der Waals surface area (Å²) in [7, 11) is 0. The molecule has 0 saturated carbocycles. The topological polar surface area (TPSA) is 0 Å². The Labute approximate surface area is 433 Å². The molecule has 0 fully saturated rings. The number of hydrogen-bond donors (Lipinski definition) is 0. The molecule has 0 nitrogen and oxygen atoms in total. The summed E-state index contributed by atoms with van der Waals surface area (Å²) < 4.78 is 0. The van der Waals surface area contributed by atoms with E-state index in [0.29, 0.717) is 0 Å². The fourth-order valence-electron chi connectivity index (χ4n) is 14.2. The van der Waals surface area contributed by atoms with Crippen molar-refractivity contribution in [3.05, 3.63) is 311 Å². The molecule has 0 N–H and O–H groups in total. The van der Waals surface area contributed by atoms with Crippen LogP contribution in [0.3, 0.4) is 0 Å². The van der Waals surface area contributed by atoms with Gasteiger partial charge in [0.05, 0.1) is 0 Å². The van der Waals surface area contributed by atoms with E-state index in [1.807, 2.05) is 0 Å². The maximum Gasteiger partial charge on any atom is 0.0435 e. The van der Waals surface area contributed by atoms with Crippen LogP contribution in [-0.2, 0) is 16.2 Å². The van der Waals surface area contributed by atoms with E-state index < -0.39 is 5.41 Å². The summed E-state index contributed by atoms with van der Waals surface area (Å²) in [6.45, 7) is 7.29. The maximum absolute atomic E-state index is 2.53. The molecule has 3 atom stereocenters. The first kappa shape index (κ1) is 42.8. The zero-order chi connectivity index (χ0) is 49.3. The third-order valence-electron chi connectivity index (χ3n) is 17.9. The molecular weight excluding hydrogens is 889 g/mol. The highest BCUT2D eigenvalue weighted by Gasteiger charge is 2.44. The summed E-state index contributed by atoms with van der Waals surface area (Å²) in [5.41, 5.74) is 26.5. The van der Waals surface area contributed by atoms with Gasteiger partial charge in [-0.05, 0) is 183 Å². The molecule has 12 aromatic carbocycles. The second-order valence-corrected chi connectivity index (χ2v) is 21.4. The minimum atomic E-state index is -0.414. The first-order valence-corrected chi connectivity index (χ1v) is 26.2. The van der Waals surface area contributed by atoms with Gasteiger partial charge in [-0.3, -0.25) is 0 Å². The Balaban J connectivity index is 0.892. The molecule has 348 valence electrons. The standard InChI is InChI=1S/C74H52/c1-72(51-21-7-4-8-22-51)64-33-19-17-27-54(64)56-39-35-47(43-66(56)72)48-36-40-58-59-42-38-50(46-69(59)74(3,67(58)44-48)53-25-11-6-12-26-53)71-62-31-15-13-29-60(62)70(61-30-14-16-32-63(61)71)49-37-41-57-55-28-18-20-34-65(55)73(2,68(57)45-49)52-23-9-5-10-24-52/h4-46H,1-3H3. The Bertz CT molecular complexity index is 4220. The lowest BCUT2D eigenvalue weighted by Crippen LogP contribution is -2.22. The highest BCUT2D eigenvalue weighted by molar-refractivity contribution is 6.21. The fourth-order valence-corrected chi connectivity index (χ4v) is 14.2. The summed E-state index contributed by atoms with van der Waals surface area (Å²) in [5, 5.41) is 5.05. The van der Waals surface area contributed by atoms with Crippen molar-refractivity contribution in [3.63, 3.8) is 0 Å². The molecule has 12 aromatic rings. The fraction of sp³-hybridized carbons (Fsp3) is 0.0811. The molecule has 0 saturated heterocycles. The van der Waals surface area contributed by atoms with Crippen LogP contribution >= 0.6 is 0 Å².